The van der Waals surface area contributed by atoms with Crippen LogP contribution in [0.1, 0.15) is 46.4 Å². The van der Waals surface area contributed by atoms with E-state index in [9.17, 15) is 23.2 Å². The number of fused-ring (bicyclic) bond motifs is 2. The number of hydrogen-bond donors (Lipinski definition) is 1. The van der Waals surface area contributed by atoms with Crippen LogP contribution in [0.15, 0.2) is 54.7 Å². The molecule has 228 valence electrons. The molecule has 44 heavy (non-hydrogen) atoms. The van der Waals surface area contributed by atoms with Gasteiger partial charge in [0.05, 0.1) is 17.4 Å². The molecule has 2 aromatic carbocycles. The number of alkyl halides is 3. The third kappa shape index (κ3) is 6.27. The second-order valence-corrected chi connectivity index (χ2v) is 11.7. The number of nitriles is 1. The molecule has 0 aliphatic carbocycles. The number of likely N-dealkylation sites (N-methyl/N-ethyl adjacent to an activating group) is 1. The van der Waals surface area contributed by atoms with Gasteiger partial charge < -0.3 is 19.5 Å². The van der Waals surface area contributed by atoms with Crippen LogP contribution in [-0.4, -0.2) is 70.3 Å². The third-order valence-corrected chi connectivity index (χ3v) is 8.52. The van der Waals surface area contributed by atoms with Crippen molar-refractivity contribution in [1.29, 1.82) is 5.26 Å². The zero-order chi connectivity index (χ0) is 31.0. The van der Waals surface area contributed by atoms with Gasteiger partial charge in [0, 0.05) is 52.0 Å². The molecule has 1 atom stereocenters. The fraction of sp³-hybridized carbons (Fsp3) is 0.364. The molecule has 1 amide bonds. The van der Waals surface area contributed by atoms with Crippen molar-refractivity contribution in [2.45, 2.75) is 38.5 Å². The number of ether oxygens (including phenoxy) is 1. The van der Waals surface area contributed by atoms with Gasteiger partial charge in [-0.1, -0.05) is 25.1 Å². The number of hydrogen-bond acceptors (Lipinski definition) is 6. The summed E-state index contributed by atoms with van der Waals surface area (Å²) >= 11 is 0. The lowest BCUT2D eigenvalue weighted by Crippen LogP contribution is -2.44. The maximum atomic E-state index is 14.1. The van der Waals surface area contributed by atoms with Crippen molar-refractivity contribution >= 4 is 16.9 Å². The predicted octanol–water partition coefficient (Wildman–Crippen LogP) is 5.68. The van der Waals surface area contributed by atoms with E-state index in [0.29, 0.717) is 46.9 Å². The first kappa shape index (κ1) is 29.7. The minimum atomic E-state index is -4.51. The highest BCUT2D eigenvalue weighted by Gasteiger charge is 2.35. The lowest BCUT2D eigenvalue weighted by atomic mass is 9.90. The van der Waals surface area contributed by atoms with Crippen molar-refractivity contribution in [3.63, 3.8) is 0 Å². The molecule has 0 radical (unpaired) electrons. The van der Waals surface area contributed by atoms with Gasteiger partial charge in [-0.05, 0) is 65.6 Å². The first-order chi connectivity index (χ1) is 21.1. The SMILES string of the molecule is C[C@@H]1CN(C(=O)Cc2ccc(CN3CCN(C)CC3)c(C(F)(F)F)c2)Cc2cc(Oc3ccnc4[nH]c(C#N)cc34)ccc21. The number of carbonyl (C=O) groups excluding carboxylic acids is 1. The molecule has 4 aromatic rings. The maximum absolute atomic E-state index is 14.1. The molecular weight excluding hydrogens is 569 g/mol. The number of aromatic amines is 1. The second-order valence-electron chi connectivity index (χ2n) is 11.7. The highest BCUT2D eigenvalue weighted by atomic mass is 19.4. The minimum Gasteiger partial charge on any atom is -0.457 e. The predicted molar refractivity (Wildman–Crippen MR) is 159 cm³/mol. The summed E-state index contributed by atoms with van der Waals surface area (Å²) in [5.74, 6) is 0.939. The Morgan fingerprint density at radius 3 is 2.66 bits per heavy atom. The van der Waals surface area contributed by atoms with Gasteiger partial charge >= 0.3 is 6.18 Å². The van der Waals surface area contributed by atoms with E-state index in [1.807, 2.05) is 37.1 Å². The smallest absolute Gasteiger partial charge is 0.416 e. The van der Waals surface area contributed by atoms with Gasteiger partial charge in [0.1, 0.15) is 28.9 Å². The van der Waals surface area contributed by atoms with Crippen molar-refractivity contribution in [2.75, 3.05) is 39.8 Å². The fourth-order valence-electron chi connectivity index (χ4n) is 6.10. The minimum absolute atomic E-state index is 0.0453. The van der Waals surface area contributed by atoms with Crippen LogP contribution in [-0.2, 0) is 30.5 Å². The summed E-state index contributed by atoms with van der Waals surface area (Å²) in [5, 5.41) is 9.91. The first-order valence-electron chi connectivity index (χ1n) is 14.6. The monoisotopic (exact) mass is 602 g/mol. The topological polar surface area (TPSA) is 88.5 Å². The van der Waals surface area contributed by atoms with Crippen molar-refractivity contribution in [3.8, 4) is 17.6 Å². The second kappa shape index (κ2) is 11.9. The summed E-state index contributed by atoms with van der Waals surface area (Å²) in [4.78, 5) is 26.5. The number of H-pyrrole nitrogens is 1. The molecule has 6 rings (SSSR count). The molecule has 2 aliphatic rings. The molecule has 0 unspecified atom stereocenters. The normalized spacial score (nSPS) is 17.8. The molecule has 2 aromatic heterocycles. The quantitative estimate of drug-likeness (QED) is 0.306. The van der Waals surface area contributed by atoms with E-state index in [2.05, 4.69) is 20.9 Å². The molecule has 1 N–H and O–H groups in total. The average Bonchev–Trinajstić information content (AvgIpc) is 3.43. The molecule has 0 bridgehead atoms. The summed E-state index contributed by atoms with van der Waals surface area (Å²) in [6.45, 7) is 6.15. The number of nitrogens with zero attached hydrogens (tertiary/aromatic N) is 5. The Hall–Kier alpha value is -4.40. The van der Waals surface area contributed by atoms with Crippen LogP contribution >= 0.6 is 0 Å². The summed E-state index contributed by atoms with van der Waals surface area (Å²) in [7, 11) is 2.01. The average molecular weight is 603 g/mol. The van der Waals surface area contributed by atoms with Crippen molar-refractivity contribution in [2.24, 2.45) is 0 Å². The summed E-state index contributed by atoms with van der Waals surface area (Å²) in [5.41, 5.74) is 2.86. The first-order valence-corrected chi connectivity index (χ1v) is 14.6. The molecular formula is C33H33F3N6O2. The Morgan fingerprint density at radius 1 is 1.11 bits per heavy atom. The van der Waals surface area contributed by atoms with Crippen LogP contribution in [0.25, 0.3) is 11.0 Å². The molecule has 8 nitrogen and oxygen atoms in total. The van der Waals surface area contributed by atoms with E-state index in [1.165, 1.54) is 6.07 Å². The highest BCUT2D eigenvalue weighted by Crippen LogP contribution is 2.36. The van der Waals surface area contributed by atoms with E-state index >= 15 is 0 Å². The van der Waals surface area contributed by atoms with Crippen LogP contribution in [0.2, 0.25) is 0 Å². The van der Waals surface area contributed by atoms with Crippen molar-refractivity contribution in [3.05, 3.63) is 88.2 Å². The van der Waals surface area contributed by atoms with Crippen molar-refractivity contribution < 1.29 is 22.7 Å². The lowest BCUT2D eigenvalue weighted by molar-refractivity contribution is -0.138. The maximum Gasteiger partial charge on any atom is 0.416 e. The molecule has 1 saturated heterocycles. The Labute approximate surface area is 253 Å². The van der Waals surface area contributed by atoms with Crippen LogP contribution in [0.3, 0.4) is 0 Å². The van der Waals surface area contributed by atoms with Gasteiger partial charge in [-0.2, -0.15) is 18.4 Å². The van der Waals surface area contributed by atoms with Gasteiger partial charge in [-0.3, -0.25) is 9.69 Å². The van der Waals surface area contributed by atoms with Gasteiger partial charge in [-0.25, -0.2) is 4.98 Å². The third-order valence-electron chi connectivity index (χ3n) is 8.52. The number of piperazine rings is 1. The Morgan fingerprint density at radius 2 is 1.91 bits per heavy atom. The Kier molecular flexibility index (Phi) is 8.05. The largest absolute Gasteiger partial charge is 0.457 e. The number of halogens is 3. The van der Waals surface area contributed by atoms with Crippen molar-refractivity contribution in [1.82, 2.24) is 24.7 Å². The zero-order valence-electron chi connectivity index (χ0n) is 24.6. The number of aromatic nitrogens is 2. The number of pyridine rings is 1. The molecule has 1 fully saturated rings. The molecule has 11 heteroatoms. The van der Waals surface area contributed by atoms with E-state index in [1.54, 1.807) is 29.3 Å². The van der Waals surface area contributed by atoms with Gasteiger partial charge in [0.2, 0.25) is 5.91 Å². The number of rotatable bonds is 6. The molecule has 4 heterocycles. The van der Waals surface area contributed by atoms with Gasteiger partial charge in [-0.15, -0.1) is 0 Å². The standard InChI is InChI=1S/C33H33F3N6O2/c1-21-18-42(20-24-15-26(5-6-27(21)24)44-30-7-8-38-32-28(30)16-25(17-37)39-32)31(43)14-22-3-4-23(29(13-22)33(34,35)36)19-41-11-9-40(2)10-12-41/h3-8,13,15-16,21H,9-12,14,18-20H2,1-2H3,(H,38,39)/t21-/m1/s1. The molecule has 0 spiro atoms. The summed E-state index contributed by atoms with van der Waals surface area (Å²) < 4.78 is 48.5. The lowest BCUT2D eigenvalue weighted by Gasteiger charge is -2.34. The van der Waals surface area contributed by atoms with E-state index < -0.39 is 11.7 Å². The summed E-state index contributed by atoms with van der Waals surface area (Å²) in [6, 6.07) is 15.6. The van der Waals surface area contributed by atoms with E-state index in [-0.39, 0.29) is 30.4 Å². The van der Waals surface area contributed by atoms with E-state index in [0.717, 1.165) is 43.4 Å². The van der Waals surface area contributed by atoms with Crippen LogP contribution in [0.4, 0.5) is 13.2 Å². The Balaban J connectivity index is 1.17. The summed E-state index contributed by atoms with van der Waals surface area (Å²) in [6.07, 6.45) is -3.02. The van der Waals surface area contributed by atoms with Gasteiger partial charge in [0.25, 0.3) is 0 Å². The number of amides is 1. The van der Waals surface area contributed by atoms with E-state index in [4.69, 9.17) is 4.74 Å². The zero-order valence-corrected chi connectivity index (χ0v) is 24.6. The number of benzene rings is 2. The number of nitrogens with one attached hydrogen (secondary N) is 1. The Bertz CT molecular complexity index is 1740. The van der Waals surface area contributed by atoms with Crippen LogP contribution in [0, 0.1) is 11.3 Å². The molecule has 0 saturated carbocycles. The fourth-order valence-corrected chi connectivity index (χ4v) is 6.10. The highest BCUT2D eigenvalue weighted by molar-refractivity contribution is 5.84. The van der Waals surface area contributed by atoms with Crippen LogP contribution in [0.5, 0.6) is 11.5 Å². The van der Waals surface area contributed by atoms with Gasteiger partial charge in [0.15, 0.2) is 0 Å². The molecule has 2 aliphatic heterocycles. The number of carbonyl (C=O) groups is 1. The van der Waals surface area contributed by atoms with Crippen LogP contribution < -0.4 is 4.74 Å².